The number of aromatic amines is 2. The average molecular weight is 947 g/mol. The number of carbonyl (C=O) groups is 4. The van der Waals surface area contributed by atoms with E-state index in [4.69, 9.17) is 9.97 Å². The largest absolute Gasteiger partial charge is 0.478 e. The van der Waals surface area contributed by atoms with Gasteiger partial charge in [-0.1, -0.05) is 119 Å². The number of fused-ring (bicyclic) bond motifs is 14. The summed E-state index contributed by atoms with van der Waals surface area (Å²) in [6.45, 7) is 7.89. The second kappa shape index (κ2) is 17.1. The molecule has 0 aliphatic carbocycles. The minimum atomic E-state index is -1.41. The summed E-state index contributed by atoms with van der Waals surface area (Å²) in [7, 11) is 0. The molecule has 6 N–H and O–H groups in total. The Bertz CT molecular complexity index is 3490. The molecule has 2 aliphatic rings. The van der Waals surface area contributed by atoms with E-state index in [0.29, 0.717) is 89.4 Å². The highest BCUT2D eigenvalue weighted by Gasteiger charge is 2.32. The highest BCUT2D eigenvalue weighted by Crippen LogP contribution is 2.50. The molecule has 0 amide bonds. The zero-order valence-electron chi connectivity index (χ0n) is 39.2. The van der Waals surface area contributed by atoms with E-state index in [1.165, 1.54) is 24.3 Å². The zero-order valence-corrected chi connectivity index (χ0v) is 39.2. The van der Waals surface area contributed by atoms with Crippen molar-refractivity contribution >= 4 is 45.9 Å². The standard InChI is InChI=1S/C60H42N4O8/c1-29-5-13-33(14-6-29)49-45-21-22-46(61-45)50(34-15-7-30(2)8-16-34)55-39-27-43(59(69)70)44(60(71)72)28-40(39)56(64-55)52(36-19-11-32(4)12-20-36)48-24-23-47(62-48)51(35-17-9-31(3)10-18-35)54-38-26-42(58(67)68)41(57(65)66)25-37(38)53(49)63-54/h5-28,61-62H,1-4H3,(H,65,66)(H,67,68)(H,69,70)(H,71,72). The normalized spacial score (nSPS) is 11.5. The number of benzene rings is 6. The van der Waals surface area contributed by atoms with Crippen LogP contribution in [0, 0.1) is 27.7 Å². The fourth-order valence-corrected chi connectivity index (χ4v) is 9.85. The Morgan fingerprint density at radius 3 is 0.694 bits per heavy atom. The van der Waals surface area contributed by atoms with E-state index in [-0.39, 0.29) is 0 Å². The first-order valence-electron chi connectivity index (χ1n) is 23.0. The van der Waals surface area contributed by atoms with E-state index < -0.39 is 46.1 Å². The van der Waals surface area contributed by atoms with Gasteiger partial charge in [0, 0.05) is 66.6 Å². The van der Waals surface area contributed by atoms with Crippen LogP contribution in [0.1, 0.15) is 63.7 Å². The summed E-state index contributed by atoms with van der Waals surface area (Å²) in [5, 5.41) is 42.3. The Morgan fingerprint density at radius 2 is 0.514 bits per heavy atom. The van der Waals surface area contributed by atoms with Crippen LogP contribution in [-0.2, 0) is 0 Å². The van der Waals surface area contributed by atoms with Gasteiger partial charge >= 0.3 is 23.9 Å². The molecule has 0 saturated carbocycles. The molecule has 2 aliphatic heterocycles. The molecule has 6 aromatic carbocycles. The van der Waals surface area contributed by atoms with Crippen LogP contribution in [0.3, 0.4) is 0 Å². The second-order valence-electron chi connectivity index (χ2n) is 18.3. The minimum Gasteiger partial charge on any atom is -0.478 e. The van der Waals surface area contributed by atoms with Gasteiger partial charge in [0.25, 0.3) is 0 Å². The predicted octanol–water partition coefficient (Wildman–Crippen LogP) is 13.7. The number of nitrogens with one attached hydrogen (secondary N) is 2. The van der Waals surface area contributed by atoms with Crippen molar-refractivity contribution in [2.45, 2.75) is 27.7 Å². The van der Waals surface area contributed by atoms with Crippen molar-refractivity contribution in [3.63, 3.8) is 0 Å². The molecule has 0 radical (unpaired) electrons. The van der Waals surface area contributed by atoms with Gasteiger partial charge in [-0.15, -0.1) is 0 Å². The number of H-pyrrole nitrogens is 2. The van der Waals surface area contributed by atoms with Gasteiger partial charge in [-0.25, -0.2) is 29.1 Å². The molecule has 0 spiro atoms. The van der Waals surface area contributed by atoms with Crippen LogP contribution in [-0.4, -0.2) is 64.2 Å². The lowest BCUT2D eigenvalue weighted by Gasteiger charge is -2.12. The lowest BCUT2D eigenvalue weighted by Crippen LogP contribution is -2.08. The lowest BCUT2D eigenvalue weighted by molar-refractivity contribution is 0.0651. The molecule has 0 unspecified atom stereocenters. The van der Waals surface area contributed by atoms with Crippen LogP contribution in [0.25, 0.3) is 112 Å². The smallest absolute Gasteiger partial charge is 0.336 e. The Morgan fingerprint density at radius 1 is 0.319 bits per heavy atom. The van der Waals surface area contributed by atoms with Crippen molar-refractivity contribution in [3.05, 3.63) is 190 Å². The number of hydrogen-bond acceptors (Lipinski definition) is 6. The van der Waals surface area contributed by atoms with Crippen molar-refractivity contribution in [1.82, 2.24) is 19.9 Å². The number of aromatic carboxylic acids is 4. The van der Waals surface area contributed by atoms with Gasteiger partial charge in [0.2, 0.25) is 0 Å². The first kappa shape index (κ1) is 44.8. The van der Waals surface area contributed by atoms with Crippen molar-refractivity contribution in [3.8, 4) is 89.5 Å². The molecule has 5 heterocycles. The molecule has 0 saturated heterocycles. The number of rotatable bonds is 8. The van der Waals surface area contributed by atoms with E-state index in [0.717, 1.165) is 44.5 Å². The molecule has 12 heteroatoms. The van der Waals surface area contributed by atoms with Gasteiger partial charge in [-0.3, -0.25) is 0 Å². The molecule has 0 atom stereocenters. The SMILES string of the molecule is Cc1ccc(-c2c3nc(c(-c4ccc(C)cc4)c4ccc([nH]4)c(-c4ccc(C)cc4)c4nc(c(-c5ccc(C)cc5)c5ccc2[nH]5)-c2cc(C(=O)O)c(C(=O)O)cc2-4)-c2cc(C(=O)O)c(C(=O)O)cc2-3)cc1. The molecule has 11 rings (SSSR count). The summed E-state index contributed by atoms with van der Waals surface area (Å²) in [5.41, 5.74) is 13.0. The molecular weight excluding hydrogens is 905 g/mol. The molecule has 3 aromatic heterocycles. The highest BCUT2D eigenvalue weighted by atomic mass is 16.4. The number of aromatic nitrogens is 4. The van der Waals surface area contributed by atoms with Crippen molar-refractivity contribution in [1.29, 1.82) is 0 Å². The quantitative estimate of drug-likeness (QED) is 0.0849. The molecule has 12 nitrogen and oxygen atoms in total. The van der Waals surface area contributed by atoms with E-state index >= 15 is 0 Å². The summed E-state index contributed by atoms with van der Waals surface area (Å²) in [6.07, 6.45) is 0. The van der Waals surface area contributed by atoms with E-state index in [1.54, 1.807) is 0 Å². The number of nitrogens with zero attached hydrogens (tertiary/aromatic N) is 2. The average Bonchev–Trinajstić information content (AvgIpc) is 4.18. The summed E-state index contributed by atoms with van der Waals surface area (Å²) in [4.78, 5) is 70.3. The lowest BCUT2D eigenvalue weighted by atomic mass is 9.91. The van der Waals surface area contributed by atoms with Gasteiger partial charge in [0.15, 0.2) is 0 Å². The summed E-state index contributed by atoms with van der Waals surface area (Å²) >= 11 is 0. The third kappa shape index (κ3) is 7.49. The number of carboxylic acids is 4. The Balaban J connectivity index is 1.44. The van der Waals surface area contributed by atoms with Crippen LogP contribution in [0.4, 0.5) is 0 Å². The van der Waals surface area contributed by atoms with E-state index in [9.17, 15) is 39.6 Å². The second-order valence-corrected chi connectivity index (χ2v) is 18.3. The summed E-state index contributed by atoms with van der Waals surface area (Å²) in [5.74, 6) is -5.65. The van der Waals surface area contributed by atoms with Gasteiger partial charge in [-0.2, -0.15) is 0 Å². The molecular formula is C60H42N4O8. The maximum Gasteiger partial charge on any atom is 0.336 e. The summed E-state index contributed by atoms with van der Waals surface area (Å²) in [6, 6.07) is 44.5. The first-order chi connectivity index (χ1) is 34.6. The van der Waals surface area contributed by atoms with Gasteiger partial charge < -0.3 is 30.4 Å². The molecule has 72 heavy (non-hydrogen) atoms. The van der Waals surface area contributed by atoms with Crippen molar-refractivity contribution < 1.29 is 39.6 Å². The Labute approximate surface area is 411 Å². The Hall–Kier alpha value is -9.68. The molecule has 350 valence electrons. The van der Waals surface area contributed by atoms with Crippen LogP contribution in [0.2, 0.25) is 0 Å². The monoisotopic (exact) mass is 946 g/mol. The van der Waals surface area contributed by atoms with Gasteiger partial charge in [0.05, 0.1) is 45.0 Å². The zero-order chi connectivity index (χ0) is 50.3. The van der Waals surface area contributed by atoms with Crippen LogP contribution >= 0.6 is 0 Å². The highest BCUT2D eigenvalue weighted by molar-refractivity contribution is 6.12. The maximum absolute atomic E-state index is 13.0. The van der Waals surface area contributed by atoms with Crippen LogP contribution in [0.15, 0.2) is 146 Å². The predicted molar refractivity (Wildman–Crippen MR) is 278 cm³/mol. The van der Waals surface area contributed by atoms with E-state index in [1.807, 2.05) is 149 Å². The fourth-order valence-electron chi connectivity index (χ4n) is 9.85. The number of carboxylic acid groups (broad SMARTS) is 4. The van der Waals surface area contributed by atoms with Crippen molar-refractivity contribution in [2.75, 3.05) is 0 Å². The van der Waals surface area contributed by atoms with Crippen LogP contribution in [0.5, 0.6) is 0 Å². The summed E-state index contributed by atoms with van der Waals surface area (Å²) < 4.78 is 0. The minimum absolute atomic E-state index is 0.385. The molecule has 0 fully saturated rings. The van der Waals surface area contributed by atoms with Crippen molar-refractivity contribution in [2.24, 2.45) is 0 Å². The fraction of sp³-hybridized carbons (Fsp3) is 0.0667. The number of aryl methyl sites for hydroxylation is 4. The molecule has 8 bridgehead atoms. The Kier molecular flexibility index (Phi) is 10.6. The van der Waals surface area contributed by atoms with Gasteiger partial charge in [-0.05, 0) is 98.5 Å². The first-order valence-corrected chi connectivity index (χ1v) is 23.0. The van der Waals surface area contributed by atoms with Gasteiger partial charge in [0.1, 0.15) is 0 Å². The number of hydrogen-bond donors (Lipinski definition) is 6. The van der Waals surface area contributed by atoms with E-state index in [2.05, 4.69) is 9.97 Å². The molecule has 9 aromatic rings. The topological polar surface area (TPSA) is 207 Å². The maximum atomic E-state index is 13.0. The third-order valence-corrected chi connectivity index (χ3v) is 13.5. The third-order valence-electron chi connectivity index (χ3n) is 13.5. The van der Waals surface area contributed by atoms with Crippen LogP contribution < -0.4 is 0 Å².